The molecule has 8 nitrogen and oxygen atoms in total. The zero-order valence-electron chi connectivity index (χ0n) is 19.5. The normalized spacial score (nSPS) is 16.4. The van der Waals surface area contributed by atoms with Gasteiger partial charge in [0.25, 0.3) is 11.8 Å². The molecule has 2 aromatic carbocycles. The molecule has 1 fully saturated rings. The lowest BCUT2D eigenvalue weighted by Gasteiger charge is -2.35. The molecule has 3 amide bonds. The summed E-state index contributed by atoms with van der Waals surface area (Å²) in [6.07, 6.45) is 0.424. The van der Waals surface area contributed by atoms with Crippen LogP contribution in [0.15, 0.2) is 47.6 Å². The zero-order valence-corrected chi connectivity index (χ0v) is 19.5. The predicted molar refractivity (Wildman–Crippen MR) is 126 cm³/mol. The monoisotopic (exact) mass is 484 g/mol. The molecule has 2 aliphatic rings. The lowest BCUT2D eigenvalue weighted by molar-refractivity contribution is -0.125. The van der Waals surface area contributed by atoms with Crippen LogP contribution in [0.2, 0.25) is 0 Å². The van der Waals surface area contributed by atoms with Gasteiger partial charge in [0, 0.05) is 39.0 Å². The van der Waals surface area contributed by atoms with Crippen LogP contribution in [0.4, 0.5) is 14.5 Å². The average Bonchev–Trinajstić information content (AvgIpc) is 2.85. The van der Waals surface area contributed by atoms with Crippen molar-refractivity contribution < 1.29 is 27.9 Å². The van der Waals surface area contributed by atoms with Gasteiger partial charge >= 0.3 is 6.61 Å². The Bertz CT molecular complexity index is 1180. The van der Waals surface area contributed by atoms with E-state index in [1.807, 2.05) is 32.0 Å². The second kappa shape index (κ2) is 10.2. The minimum atomic E-state index is -3.04. The van der Waals surface area contributed by atoms with Crippen LogP contribution in [0.3, 0.4) is 0 Å². The van der Waals surface area contributed by atoms with Crippen LogP contribution in [0.5, 0.6) is 5.75 Å². The summed E-state index contributed by atoms with van der Waals surface area (Å²) in [6.45, 7) is 1.77. The number of hydrazone groups is 1. The highest BCUT2D eigenvalue weighted by Crippen LogP contribution is 2.26. The molecule has 0 unspecified atom stereocenters. The van der Waals surface area contributed by atoms with Crippen molar-refractivity contribution in [1.82, 2.24) is 9.80 Å². The van der Waals surface area contributed by atoms with Gasteiger partial charge in [-0.05, 0) is 43.2 Å². The van der Waals surface area contributed by atoms with E-state index >= 15 is 0 Å². The molecule has 2 aromatic rings. The molecule has 0 radical (unpaired) electrons. The Morgan fingerprint density at radius 1 is 0.943 bits per heavy atom. The van der Waals surface area contributed by atoms with E-state index in [1.54, 1.807) is 11.0 Å². The highest BCUT2D eigenvalue weighted by Gasteiger charge is 2.32. The minimum Gasteiger partial charge on any atom is -0.434 e. The fourth-order valence-corrected chi connectivity index (χ4v) is 4.15. The van der Waals surface area contributed by atoms with Crippen LogP contribution in [0, 0.1) is 13.8 Å². The highest BCUT2D eigenvalue weighted by molar-refractivity contribution is 6.40. The largest absolute Gasteiger partial charge is 0.434 e. The first-order valence-electron chi connectivity index (χ1n) is 11.3. The van der Waals surface area contributed by atoms with Gasteiger partial charge in [0.05, 0.1) is 11.3 Å². The van der Waals surface area contributed by atoms with Gasteiger partial charge in [0.1, 0.15) is 11.5 Å². The Morgan fingerprint density at radius 3 is 2.29 bits per heavy atom. The van der Waals surface area contributed by atoms with Crippen molar-refractivity contribution in [3.05, 3.63) is 59.2 Å². The van der Waals surface area contributed by atoms with Crippen molar-refractivity contribution in [1.29, 1.82) is 0 Å². The lowest BCUT2D eigenvalue weighted by atomic mass is 10.1. The maximum atomic E-state index is 13.2. The van der Waals surface area contributed by atoms with E-state index in [4.69, 9.17) is 0 Å². The smallest absolute Gasteiger partial charge is 0.387 e. The minimum absolute atomic E-state index is 0.0481. The number of aryl methyl sites for hydroxylation is 2. The molecule has 0 aliphatic carbocycles. The van der Waals surface area contributed by atoms with Crippen molar-refractivity contribution in [2.24, 2.45) is 5.10 Å². The lowest BCUT2D eigenvalue weighted by Crippen LogP contribution is -2.53. The molecule has 2 heterocycles. The molecule has 4 rings (SSSR count). The molecule has 184 valence electrons. The summed E-state index contributed by atoms with van der Waals surface area (Å²) in [5.74, 6) is -1.06. The topological polar surface area (TPSA) is 82.5 Å². The third-order valence-electron chi connectivity index (χ3n) is 6.06. The summed E-state index contributed by atoms with van der Waals surface area (Å²) in [6, 6.07) is 11.6. The maximum absolute atomic E-state index is 13.2. The number of alkyl halides is 2. The number of hydrogen-bond acceptors (Lipinski definition) is 5. The van der Waals surface area contributed by atoms with Gasteiger partial charge < -0.3 is 14.5 Å². The van der Waals surface area contributed by atoms with Crippen LogP contribution in [0.1, 0.15) is 34.3 Å². The number of nitrogens with zero attached hydrogens (tertiary/aromatic N) is 4. The Hall–Kier alpha value is -3.82. The van der Waals surface area contributed by atoms with Crippen LogP contribution in [-0.2, 0) is 9.59 Å². The summed E-state index contributed by atoms with van der Waals surface area (Å²) in [7, 11) is 0. The fraction of sp³-hybridized carbons (Fsp3) is 0.360. The molecule has 0 atom stereocenters. The Kier molecular flexibility index (Phi) is 7.09. The van der Waals surface area contributed by atoms with E-state index in [2.05, 4.69) is 9.84 Å². The molecule has 10 heteroatoms. The van der Waals surface area contributed by atoms with Gasteiger partial charge in [-0.3, -0.25) is 14.4 Å². The number of hydrogen-bond donors (Lipinski definition) is 0. The molecular weight excluding hydrogens is 458 g/mol. The summed E-state index contributed by atoms with van der Waals surface area (Å²) in [5.41, 5.74) is 2.85. The van der Waals surface area contributed by atoms with Crippen LogP contribution < -0.4 is 9.75 Å². The first kappa shape index (κ1) is 24.3. The fourth-order valence-electron chi connectivity index (χ4n) is 4.15. The summed E-state index contributed by atoms with van der Waals surface area (Å²) < 4.78 is 29.9. The van der Waals surface area contributed by atoms with Gasteiger partial charge in [-0.15, -0.1) is 0 Å². The number of anilines is 1. The standard InChI is InChI=1S/C25H26F2N4O4/c1-16-7-8-17(2)20(15-16)31-22(32)10-9-19(28-31)24(34)30-13-11-29(12-14-30)23(33)18-5-3-4-6-21(18)35-25(26)27/h3-8,15,25H,9-14H2,1-2H3. The van der Waals surface area contributed by atoms with Crippen molar-refractivity contribution in [3.63, 3.8) is 0 Å². The second-order valence-corrected chi connectivity index (χ2v) is 8.50. The molecule has 0 bridgehead atoms. The van der Waals surface area contributed by atoms with Gasteiger partial charge in [0.2, 0.25) is 5.91 Å². The maximum Gasteiger partial charge on any atom is 0.387 e. The van der Waals surface area contributed by atoms with Crippen molar-refractivity contribution >= 4 is 29.1 Å². The molecule has 1 saturated heterocycles. The zero-order chi connectivity index (χ0) is 25.1. The van der Waals surface area contributed by atoms with E-state index in [0.717, 1.165) is 11.1 Å². The SMILES string of the molecule is Cc1ccc(C)c(N2N=C(C(=O)N3CCN(C(=O)c4ccccc4OC(F)F)CC3)CCC2=O)c1. The number of piperazine rings is 1. The van der Waals surface area contributed by atoms with Crippen molar-refractivity contribution in [2.75, 3.05) is 31.2 Å². The van der Waals surface area contributed by atoms with Crippen molar-refractivity contribution in [3.8, 4) is 5.75 Å². The van der Waals surface area contributed by atoms with Gasteiger partial charge in [-0.2, -0.15) is 13.9 Å². The number of carbonyl (C=O) groups is 3. The van der Waals surface area contributed by atoms with E-state index in [9.17, 15) is 23.2 Å². The van der Waals surface area contributed by atoms with Gasteiger partial charge in [0.15, 0.2) is 0 Å². The molecular formula is C25H26F2N4O4. The summed E-state index contributed by atoms with van der Waals surface area (Å²) in [5, 5.41) is 5.70. The van der Waals surface area contributed by atoms with Crippen LogP contribution in [-0.4, -0.2) is 66.0 Å². The average molecular weight is 485 g/mol. The molecule has 0 spiro atoms. The second-order valence-electron chi connectivity index (χ2n) is 8.50. The Labute approximate surface area is 201 Å². The van der Waals surface area contributed by atoms with E-state index in [0.29, 0.717) is 11.4 Å². The Balaban J connectivity index is 1.44. The van der Waals surface area contributed by atoms with Gasteiger partial charge in [-0.1, -0.05) is 24.3 Å². The quantitative estimate of drug-likeness (QED) is 0.652. The molecule has 0 saturated carbocycles. The van der Waals surface area contributed by atoms with E-state index in [-0.39, 0.29) is 62.1 Å². The number of ether oxygens (including phenoxy) is 1. The summed E-state index contributed by atoms with van der Waals surface area (Å²) in [4.78, 5) is 41.7. The first-order valence-corrected chi connectivity index (χ1v) is 11.3. The highest BCUT2D eigenvalue weighted by atomic mass is 19.3. The molecule has 35 heavy (non-hydrogen) atoms. The molecule has 2 aliphatic heterocycles. The molecule has 0 N–H and O–H groups in total. The number of benzene rings is 2. The predicted octanol–water partition coefficient (Wildman–Crippen LogP) is 3.37. The van der Waals surface area contributed by atoms with Gasteiger partial charge in [-0.25, -0.2) is 5.01 Å². The molecule has 0 aromatic heterocycles. The number of rotatable bonds is 5. The van der Waals surface area contributed by atoms with Crippen LogP contribution in [0.25, 0.3) is 0 Å². The first-order chi connectivity index (χ1) is 16.7. The number of halogens is 2. The van der Waals surface area contributed by atoms with Crippen molar-refractivity contribution in [2.45, 2.75) is 33.3 Å². The number of amides is 3. The van der Waals surface area contributed by atoms with E-state index < -0.39 is 12.5 Å². The summed E-state index contributed by atoms with van der Waals surface area (Å²) >= 11 is 0. The van der Waals surface area contributed by atoms with Crippen LogP contribution >= 0.6 is 0 Å². The van der Waals surface area contributed by atoms with E-state index in [1.165, 1.54) is 28.1 Å². The third-order valence-corrected chi connectivity index (χ3v) is 6.06. The number of carbonyl (C=O) groups excluding carboxylic acids is 3. The number of para-hydroxylation sites is 1. The third kappa shape index (κ3) is 5.31. The Morgan fingerprint density at radius 2 is 1.60 bits per heavy atom.